The molecule has 1 N–H and O–H groups in total. The molecule has 24 heavy (non-hydrogen) atoms. The molecule has 0 spiro atoms. The number of fused-ring (bicyclic) bond motifs is 1. The Kier molecular flexibility index (Phi) is 4.65. The number of aromatic nitrogens is 5. The highest BCUT2D eigenvalue weighted by molar-refractivity contribution is 7.89. The summed E-state index contributed by atoms with van der Waals surface area (Å²) in [5.41, 5.74) is 0.354. The summed E-state index contributed by atoms with van der Waals surface area (Å²) in [6.45, 7) is 2.60. The third kappa shape index (κ3) is 3.06. The van der Waals surface area contributed by atoms with Crippen LogP contribution in [-0.4, -0.2) is 40.1 Å². The van der Waals surface area contributed by atoms with Crippen molar-refractivity contribution in [2.24, 2.45) is 7.05 Å². The minimum atomic E-state index is -3.82. The van der Waals surface area contributed by atoms with Gasteiger partial charge in [-0.15, -0.1) is 0 Å². The Morgan fingerprint density at radius 1 is 1.42 bits per heavy atom. The van der Waals surface area contributed by atoms with Crippen LogP contribution in [-0.2, 0) is 35.0 Å². The summed E-state index contributed by atoms with van der Waals surface area (Å²) in [4.78, 5) is 4.40. The third-order valence-electron chi connectivity index (χ3n) is 3.86. The van der Waals surface area contributed by atoms with E-state index in [1.165, 1.54) is 4.68 Å². The molecule has 0 bridgehead atoms. The normalized spacial score (nSPS) is 17.9. The molecule has 2 aromatic rings. The summed E-state index contributed by atoms with van der Waals surface area (Å²) >= 11 is 6.09. The van der Waals surface area contributed by atoms with E-state index in [0.29, 0.717) is 30.3 Å². The molecule has 9 nitrogen and oxygen atoms in total. The van der Waals surface area contributed by atoms with Crippen molar-refractivity contribution < 1.29 is 13.2 Å². The SMILES string of the molecule is COCc1nc2n(n1)CCC[C@@H]2NS(=O)(=O)c1c(C)nn(C)c1Cl. The molecule has 1 aliphatic heterocycles. The van der Waals surface area contributed by atoms with Crippen LogP contribution in [0.2, 0.25) is 5.15 Å². The summed E-state index contributed by atoms with van der Waals surface area (Å²) < 4.78 is 36.3. The Morgan fingerprint density at radius 2 is 2.17 bits per heavy atom. The van der Waals surface area contributed by atoms with Gasteiger partial charge in [0.2, 0.25) is 10.0 Å². The molecule has 0 saturated carbocycles. The number of sulfonamides is 1. The number of ether oxygens (including phenoxy) is 1. The second-order valence-corrected chi connectivity index (χ2v) is 7.70. The zero-order chi connectivity index (χ0) is 17.5. The summed E-state index contributed by atoms with van der Waals surface area (Å²) in [5, 5.41) is 8.48. The number of methoxy groups -OCH3 is 1. The van der Waals surface area contributed by atoms with E-state index in [9.17, 15) is 8.42 Å². The molecule has 1 aliphatic rings. The molecule has 3 rings (SSSR count). The van der Waals surface area contributed by atoms with Crippen molar-refractivity contribution in [2.45, 2.75) is 43.9 Å². The van der Waals surface area contributed by atoms with E-state index in [1.54, 1.807) is 25.8 Å². The maximum absolute atomic E-state index is 12.8. The fourth-order valence-corrected chi connectivity index (χ4v) is 4.84. The minimum absolute atomic E-state index is 0.000389. The first-order chi connectivity index (χ1) is 11.3. The maximum Gasteiger partial charge on any atom is 0.246 e. The smallest absolute Gasteiger partial charge is 0.246 e. The molecular formula is C13H19ClN6O3S. The van der Waals surface area contributed by atoms with E-state index in [4.69, 9.17) is 16.3 Å². The van der Waals surface area contributed by atoms with Gasteiger partial charge in [0.05, 0.1) is 11.7 Å². The van der Waals surface area contributed by atoms with Crippen LogP contribution < -0.4 is 4.72 Å². The van der Waals surface area contributed by atoms with Crippen molar-refractivity contribution >= 4 is 21.6 Å². The van der Waals surface area contributed by atoms with Crippen molar-refractivity contribution in [3.63, 3.8) is 0 Å². The van der Waals surface area contributed by atoms with Crippen molar-refractivity contribution in [1.82, 2.24) is 29.3 Å². The van der Waals surface area contributed by atoms with Crippen LogP contribution in [0.1, 0.15) is 36.2 Å². The lowest BCUT2D eigenvalue weighted by atomic mass is 10.1. The van der Waals surface area contributed by atoms with E-state index in [1.807, 2.05) is 0 Å². The predicted octanol–water partition coefficient (Wildman–Crippen LogP) is 0.933. The van der Waals surface area contributed by atoms with Gasteiger partial charge < -0.3 is 4.74 Å². The molecule has 0 fully saturated rings. The van der Waals surface area contributed by atoms with Gasteiger partial charge >= 0.3 is 0 Å². The average molecular weight is 375 g/mol. The van der Waals surface area contributed by atoms with Gasteiger partial charge in [-0.3, -0.25) is 4.68 Å². The Labute approximate surface area is 145 Å². The van der Waals surface area contributed by atoms with Crippen LogP contribution in [0.25, 0.3) is 0 Å². The van der Waals surface area contributed by atoms with Gasteiger partial charge in [0.15, 0.2) is 5.82 Å². The van der Waals surface area contributed by atoms with Crippen molar-refractivity contribution in [3.05, 3.63) is 22.5 Å². The lowest BCUT2D eigenvalue weighted by Gasteiger charge is -2.22. The maximum atomic E-state index is 12.8. The van der Waals surface area contributed by atoms with Gasteiger partial charge in [-0.1, -0.05) is 11.6 Å². The van der Waals surface area contributed by atoms with Crippen LogP contribution in [0.4, 0.5) is 0 Å². The van der Waals surface area contributed by atoms with Gasteiger partial charge in [-0.2, -0.15) is 10.2 Å². The van der Waals surface area contributed by atoms with Crippen molar-refractivity contribution in [1.29, 1.82) is 0 Å². The van der Waals surface area contributed by atoms with Crippen LogP contribution in [0.5, 0.6) is 0 Å². The number of rotatable bonds is 5. The fraction of sp³-hybridized carbons (Fsp3) is 0.615. The number of hydrogen-bond donors (Lipinski definition) is 1. The lowest BCUT2D eigenvalue weighted by molar-refractivity contribution is 0.177. The molecule has 0 unspecified atom stereocenters. The van der Waals surface area contributed by atoms with Gasteiger partial charge in [0, 0.05) is 20.7 Å². The summed E-state index contributed by atoms with van der Waals surface area (Å²) in [6, 6.07) is -0.461. The highest BCUT2D eigenvalue weighted by atomic mass is 35.5. The van der Waals surface area contributed by atoms with Gasteiger partial charge in [-0.05, 0) is 19.8 Å². The minimum Gasteiger partial charge on any atom is -0.377 e. The first-order valence-electron chi connectivity index (χ1n) is 7.47. The van der Waals surface area contributed by atoms with Gasteiger partial charge in [-0.25, -0.2) is 22.8 Å². The zero-order valence-electron chi connectivity index (χ0n) is 13.7. The third-order valence-corrected chi connectivity index (χ3v) is 6.02. The molecule has 0 radical (unpaired) electrons. The molecule has 0 saturated heterocycles. The second-order valence-electron chi connectivity index (χ2n) is 5.69. The van der Waals surface area contributed by atoms with E-state index >= 15 is 0 Å². The Bertz CT molecular complexity index is 859. The molecule has 2 aromatic heterocycles. The predicted molar refractivity (Wildman–Crippen MR) is 86.0 cm³/mol. The fourth-order valence-electron chi connectivity index (χ4n) is 2.86. The second kappa shape index (κ2) is 6.43. The summed E-state index contributed by atoms with van der Waals surface area (Å²) in [5.74, 6) is 1.13. The number of aryl methyl sites for hydroxylation is 3. The monoisotopic (exact) mass is 374 g/mol. The van der Waals surface area contributed by atoms with Crippen molar-refractivity contribution in [2.75, 3.05) is 7.11 Å². The molecule has 1 atom stereocenters. The average Bonchev–Trinajstić information content (AvgIpc) is 3.01. The Morgan fingerprint density at radius 3 is 2.79 bits per heavy atom. The Hall–Kier alpha value is -1.49. The summed E-state index contributed by atoms with van der Waals surface area (Å²) in [7, 11) is -0.661. The first kappa shape index (κ1) is 17.3. The quantitative estimate of drug-likeness (QED) is 0.835. The molecule has 132 valence electrons. The molecular weight excluding hydrogens is 356 g/mol. The summed E-state index contributed by atoms with van der Waals surface area (Å²) in [6.07, 6.45) is 1.44. The highest BCUT2D eigenvalue weighted by Crippen LogP contribution is 2.29. The molecule has 0 amide bonds. The number of nitrogens with one attached hydrogen (secondary N) is 1. The van der Waals surface area contributed by atoms with Crippen LogP contribution >= 0.6 is 11.6 Å². The number of nitrogens with zero attached hydrogens (tertiary/aromatic N) is 5. The van der Waals surface area contributed by atoms with Crippen molar-refractivity contribution in [3.8, 4) is 0 Å². The Balaban J connectivity index is 1.92. The molecule has 0 aliphatic carbocycles. The van der Waals surface area contributed by atoms with E-state index in [2.05, 4.69) is 19.9 Å². The lowest BCUT2D eigenvalue weighted by Crippen LogP contribution is -2.33. The van der Waals surface area contributed by atoms with Gasteiger partial charge in [0.1, 0.15) is 22.5 Å². The topological polar surface area (TPSA) is 104 Å². The van der Waals surface area contributed by atoms with Crippen LogP contribution in [0.15, 0.2) is 4.90 Å². The van der Waals surface area contributed by atoms with E-state index < -0.39 is 16.1 Å². The first-order valence-corrected chi connectivity index (χ1v) is 9.33. The molecule has 3 heterocycles. The number of halogens is 1. The van der Waals surface area contributed by atoms with Gasteiger partial charge in [0.25, 0.3) is 0 Å². The standard InChI is InChI=1S/C13H19ClN6O3S/c1-8-11(12(14)19(2)16-8)24(21,22)18-9-5-4-6-20-13(9)15-10(17-20)7-23-3/h9,18H,4-7H2,1-3H3/t9-/m0/s1. The number of hydrogen-bond acceptors (Lipinski definition) is 6. The molecule has 11 heteroatoms. The molecule has 0 aromatic carbocycles. The highest BCUT2D eigenvalue weighted by Gasteiger charge is 2.32. The largest absolute Gasteiger partial charge is 0.377 e. The van der Waals surface area contributed by atoms with Crippen LogP contribution in [0.3, 0.4) is 0 Å². The van der Waals surface area contributed by atoms with E-state index in [0.717, 1.165) is 6.42 Å². The zero-order valence-corrected chi connectivity index (χ0v) is 15.2. The van der Waals surface area contributed by atoms with E-state index in [-0.39, 0.29) is 16.7 Å². The van der Waals surface area contributed by atoms with Crippen LogP contribution in [0, 0.1) is 6.92 Å².